The van der Waals surface area contributed by atoms with Gasteiger partial charge in [0.15, 0.2) is 0 Å². The van der Waals surface area contributed by atoms with Gasteiger partial charge in [-0.1, -0.05) is 12.1 Å². The minimum absolute atomic E-state index is 0.787. The van der Waals surface area contributed by atoms with Gasteiger partial charge in [0, 0.05) is 45.6 Å². The van der Waals surface area contributed by atoms with Crippen LogP contribution in [0.15, 0.2) is 72.6 Å². The summed E-state index contributed by atoms with van der Waals surface area (Å²) in [6.07, 6.45) is 7.65. The molecule has 5 aromatic rings. The monoisotopic (exact) mass is 386 g/mol. The van der Waals surface area contributed by atoms with Crippen LogP contribution in [0, 0.1) is 0 Å². The van der Waals surface area contributed by atoms with E-state index in [-0.39, 0.29) is 0 Å². The molecule has 2 aromatic carbocycles. The van der Waals surface area contributed by atoms with Crippen molar-refractivity contribution in [2.75, 3.05) is 0 Å². The number of H-pyrrole nitrogens is 2. The van der Waals surface area contributed by atoms with E-state index in [0.29, 0.717) is 0 Å². The summed E-state index contributed by atoms with van der Waals surface area (Å²) in [5, 5.41) is 1.13. The maximum atomic E-state index is 6.06. The van der Waals surface area contributed by atoms with Gasteiger partial charge in [-0.3, -0.25) is 4.98 Å². The first kappa shape index (κ1) is 16.8. The molecule has 2 N–H and O–H groups in total. The predicted octanol–water partition coefficient (Wildman–Crippen LogP) is 5.59. The first-order chi connectivity index (χ1) is 13.8. The van der Waals surface area contributed by atoms with Crippen LogP contribution in [0.2, 0.25) is 0 Å². The minimum Gasteiger partial charge on any atom is -0.457 e. The molecule has 5 nitrogen and oxygen atoms in total. The maximum absolute atomic E-state index is 6.06. The molecule has 0 radical (unpaired) electrons. The van der Waals surface area contributed by atoms with Crippen LogP contribution in [-0.2, 0) is 12.8 Å². The summed E-state index contributed by atoms with van der Waals surface area (Å²) in [5.41, 5.74) is 5.09. The van der Waals surface area contributed by atoms with E-state index >= 15 is 0 Å². The van der Waals surface area contributed by atoms with Crippen LogP contribution < -0.4 is 4.74 Å². The SMILES string of the molecule is c1cc(Oc2ccc3[nH]ccc3c2)cc(-c2ncc(CCc3cncs3)[nH]2)c1. The largest absolute Gasteiger partial charge is 0.457 e. The first-order valence-electron chi connectivity index (χ1n) is 9.10. The molecule has 0 saturated carbocycles. The lowest BCUT2D eigenvalue weighted by Crippen LogP contribution is -1.90. The Balaban J connectivity index is 1.32. The smallest absolute Gasteiger partial charge is 0.137 e. The molecule has 0 spiro atoms. The van der Waals surface area contributed by atoms with Gasteiger partial charge in [-0.2, -0.15) is 0 Å². The third-order valence-corrected chi connectivity index (χ3v) is 5.46. The highest BCUT2D eigenvalue weighted by Gasteiger charge is 2.07. The number of fused-ring (bicyclic) bond motifs is 1. The van der Waals surface area contributed by atoms with Crippen LogP contribution in [0.1, 0.15) is 10.6 Å². The van der Waals surface area contributed by atoms with E-state index in [1.54, 1.807) is 11.3 Å². The number of ether oxygens (including phenoxy) is 1. The van der Waals surface area contributed by atoms with Gasteiger partial charge in [-0.25, -0.2) is 4.98 Å². The second-order valence-electron chi connectivity index (χ2n) is 6.58. The number of hydrogen-bond donors (Lipinski definition) is 2. The Morgan fingerprint density at radius 3 is 2.86 bits per heavy atom. The Labute approximate surface area is 166 Å². The molecule has 0 fully saturated rings. The molecule has 0 bridgehead atoms. The first-order valence-corrected chi connectivity index (χ1v) is 9.98. The summed E-state index contributed by atoms with van der Waals surface area (Å²) in [4.78, 5) is 16.6. The van der Waals surface area contributed by atoms with E-state index in [1.165, 1.54) is 4.88 Å². The van der Waals surface area contributed by atoms with Gasteiger partial charge >= 0.3 is 0 Å². The van der Waals surface area contributed by atoms with Crippen LogP contribution in [0.5, 0.6) is 11.5 Å². The summed E-state index contributed by atoms with van der Waals surface area (Å²) in [6.45, 7) is 0. The normalized spacial score (nSPS) is 11.1. The number of aromatic amines is 2. The Morgan fingerprint density at radius 1 is 0.964 bits per heavy atom. The molecular formula is C22H18N4OS. The lowest BCUT2D eigenvalue weighted by molar-refractivity contribution is 0.483. The van der Waals surface area contributed by atoms with Crippen molar-refractivity contribution in [3.8, 4) is 22.9 Å². The Kier molecular flexibility index (Phi) is 4.39. The fraction of sp³-hybridized carbons (Fsp3) is 0.0909. The number of thiazole rings is 1. The van der Waals surface area contributed by atoms with Gasteiger partial charge in [0.2, 0.25) is 0 Å². The zero-order chi connectivity index (χ0) is 18.8. The fourth-order valence-electron chi connectivity index (χ4n) is 3.19. The molecule has 0 aliphatic rings. The van der Waals surface area contributed by atoms with Crippen LogP contribution in [-0.4, -0.2) is 19.9 Å². The van der Waals surface area contributed by atoms with E-state index in [1.807, 2.05) is 72.6 Å². The highest BCUT2D eigenvalue weighted by Crippen LogP contribution is 2.28. The van der Waals surface area contributed by atoms with Crippen molar-refractivity contribution in [2.24, 2.45) is 0 Å². The number of imidazole rings is 1. The molecule has 6 heteroatoms. The summed E-state index contributed by atoms with van der Waals surface area (Å²) in [5.74, 6) is 2.45. The molecule has 0 aliphatic heterocycles. The van der Waals surface area contributed by atoms with Crippen molar-refractivity contribution >= 4 is 22.2 Å². The molecule has 3 heterocycles. The maximum Gasteiger partial charge on any atom is 0.137 e. The van der Waals surface area contributed by atoms with E-state index in [0.717, 1.165) is 52.3 Å². The zero-order valence-corrected chi connectivity index (χ0v) is 15.9. The number of aryl methyl sites for hydroxylation is 2. The van der Waals surface area contributed by atoms with E-state index < -0.39 is 0 Å². The van der Waals surface area contributed by atoms with Gasteiger partial charge < -0.3 is 14.7 Å². The van der Waals surface area contributed by atoms with Gasteiger partial charge in [0.05, 0.1) is 5.51 Å². The number of aromatic nitrogens is 4. The Bertz CT molecular complexity index is 1210. The minimum atomic E-state index is 0.787. The Morgan fingerprint density at radius 2 is 1.93 bits per heavy atom. The van der Waals surface area contributed by atoms with Crippen molar-refractivity contribution in [3.05, 3.63) is 83.2 Å². The molecule has 0 saturated heterocycles. The van der Waals surface area contributed by atoms with Crippen molar-refractivity contribution in [2.45, 2.75) is 12.8 Å². The Hall–Kier alpha value is -3.38. The summed E-state index contributed by atoms with van der Waals surface area (Å²) in [6, 6.07) is 16.0. The number of hydrogen-bond acceptors (Lipinski definition) is 4. The zero-order valence-electron chi connectivity index (χ0n) is 15.1. The van der Waals surface area contributed by atoms with Gasteiger partial charge in [-0.05, 0) is 49.2 Å². The van der Waals surface area contributed by atoms with Crippen LogP contribution in [0.4, 0.5) is 0 Å². The quantitative estimate of drug-likeness (QED) is 0.400. The number of nitrogens with one attached hydrogen (secondary N) is 2. The van der Waals surface area contributed by atoms with Gasteiger partial charge in [0.1, 0.15) is 17.3 Å². The number of nitrogens with zero attached hydrogens (tertiary/aromatic N) is 2. The topological polar surface area (TPSA) is 66.6 Å². The molecule has 0 unspecified atom stereocenters. The molecule has 5 rings (SSSR count). The molecular weight excluding hydrogens is 368 g/mol. The van der Waals surface area contributed by atoms with E-state index in [2.05, 4.69) is 19.9 Å². The van der Waals surface area contributed by atoms with Gasteiger partial charge in [-0.15, -0.1) is 11.3 Å². The molecule has 28 heavy (non-hydrogen) atoms. The van der Waals surface area contributed by atoms with Crippen molar-refractivity contribution < 1.29 is 4.74 Å². The van der Waals surface area contributed by atoms with E-state index in [9.17, 15) is 0 Å². The second kappa shape index (κ2) is 7.32. The number of benzene rings is 2. The third-order valence-electron chi connectivity index (χ3n) is 4.62. The molecule has 0 atom stereocenters. The highest BCUT2D eigenvalue weighted by atomic mass is 32.1. The van der Waals surface area contributed by atoms with Gasteiger partial charge in [0.25, 0.3) is 0 Å². The summed E-state index contributed by atoms with van der Waals surface area (Å²) < 4.78 is 6.06. The molecule has 138 valence electrons. The molecule has 3 aromatic heterocycles. The van der Waals surface area contributed by atoms with Crippen molar-refractivity contribution in [3.63, 3.8) is 0 Å². The van der Waals surface area contributed by atoms with Crippen LogP contribution >= 0.6 is 11.3 Å². The van der Waals surface area contributed by atoms with Crippen molar-refractivity contribution in [1.82, 2.24) is 19.9 Å². The second-order valence-corrected chi connectivity index (χ2v) is 7.55. The average molecular weight is 386 g/mol. The summed E-state index contributed by atoms with van der Waals surface area (Å²) >= 11 is 1.69. The third kappa shape index (κ3) is 3.54. The molecule has 0 aliphatic carbocycles. The molecule has 0 amide bonds. The lowest BCUT2D eigenvalue weighted by atomic mass is 10.2. The highest BCUT2D eigenvalue weighted by molar-refractivity contribution is 7.09. The van der Waals surface area contributed by atoms with Crippen LogP contribution in [0.3, 0.4) is 0 Å². The fourth-order valence-corrected chi connectivity index (χ4v) is 3.79. The van der Waals surface area contributed by atoms with Crippen molar-refractivity contribution in [1.29, 1.82) is 0 Å². The lowest BCUT2D eigenvalue weighted by Gasteiger charge is -2.07. The predicted molar refractivity (Wildman–Crippen MR) is 112 cm³/mol. The van der Waals surface area contributed by atoms with E-state index in [4.69, 9.17) is 4.74 Å². The van der Waals surface area contributed by atoms with Crippen LogP contribution in [0.25, 0.3) is 22.3 Å². The standard InChI is InChI=1S/C22H18N4OS/c1-2-16(22-25-12-17(26-22)4-6-20-13-23-14-28-20)11-18(3-1)27-19-5-7-21-15(10-19)8-9-24-21/h1-3,5,7-14,24H,4,6H2,(H,25,26). The average Bonchev–Trinajstić information content (AvgIpc) is 3.47. The summed E-state index contributed by atoms with van der Waals surface area (Å²) in [7, 11) is 0. The number of rotatable bonds is 6.